The lowest BCUT2D eigenvalue weighted by Crippen LogP contribution is -2.39. The monoisotopic (exact) mass is 251 g/mol. The van der Waals surface area contributed by atoms with Gasteiger partial charge in [-0.1, -0.05) is 38.5 Å². The number of hydrogen-bond acceptors (Lipinski definition) is 1. The molecule has 1 saturated heterocycles. The Hall–Kier alpha value is -0.730. The Balaban J connectivity index is 1.53. The summed E-state index contributed by atoms with van der Waals surface area (Å²) >= 11 is 0. The van der Waals surface area contributed by atoms with Gasteiger partial charge < -0.3 is 10.2 Å². The molecule has 0 aromatic rings. The molecule has 1 aliphatic carbocycles. The molecule has 2 rings (SSSR count). The van der Waals surface area contributed by atoms with Crippen LogP contribution < -0.4 is 5.32 Å². The van der Waals surface area contributed by atoms with Crippen molar-refractivity contribution in [1.82, 2.24) is 10.2 Å². The largest absolute Gasteiger partial charge is 0.356 e. The van der Waals surface area contributed by atoms with E-state index in [0.29, 0.717) is 0 Å². The second kappa shape index (κ2) is 7.65. The fourth-order valence-corrected chi connectivity index (χ4v) is 3.32. The summed E-state index contributed by atoms with van der Waals surface area (Å²) in [5, 5.41) is 3.51. The minimum absolute atomic E-state index is 1.04. The van der Waals surface area contributed by atoms with Crippen molar-refractivity contribution in [2.45, 2.75) is 57.8 Å². The number of nitrogens with one attached hydrogen (secondary N) is 1. The minimum Gasteiger partial charge on any atom is -0.356 e. The van der Waals surface area contributed by atoms with Crippen LogP contribution in [-0.4, -0.2) is 37.5 Å². The van der Waals surface area contributed by atoms with E-state index in [1.165, 1.54) is 70.9 Å². The first-order valence-corrected chi connectivity index (χ1v) is 7.86. The first kappa shape index (κ1) is 13.7. The summed E-state index contributed by atoms with van der Waals surface area (Å²) in [4.78, 5) is 6.76. The van der Waals surface area contributed by atoms with E-state index in [-0.39, 0.29) is 0 Å². The summed E-state index contributed by atoms with van der Waals surface area (Å²) in [6, 6.07) is 0. The van der Waals surface area contributed by atoms with Gasteiger partial charge in [-0.2, -0.15) is 0 Å². The zero-order chi connectivity index (χ0) is 12.6. The molecule has 0 amide bonds. The van der Waals surface area contributed by atoms with E-state index in [1.807, 2.05) is 7.05 Å². The van der Waals surface area contributed by atoms with Crippen LogP contribution in [0.1, 0.15) is 57.8 Å². The summed E-state index contributed by atoms with van der Waals surface area (Å²) in [7, 11) is 1.90. The molecule has 0 unspecified atom stereocenters. The third-order valence-corrected chi connectivity index (χ3v) is 4.41. The average Bonchev–Trinajstić information content (AvgIpc) is 3.06. The fourth-order valence-electron chi connectivity index (χ4n) is 3.32. The fraction of sp³-hybridized carbons (Fsp3) is 0.933. The summed E-state index contributed by atoms with van der Waals surface area (Å²) in [5.41, 5.74) is 0. The lowest BCUT2D eigenvalue weighted by molar-refractivity contribution is 0.463. The van der Waals surface area contributed by atoms with E-state index in [2.05, 4.69) is 15.2 Å². The van der Waals surface area contributed by atoms with Crippen LogP contribution in [-0.2, 0) is 0 Å². The molecule has 0 spiro atoms. The van der Waals surface area contributed by atoms with Crippen molar-refractivity contribution in [3.05, 3.63) is 0 Å². The molecule has 0 aromatic carbocycles. The lowest BCUT2D eigenvalue weighted by atomic mass is 10.0. The van der Waals surface area contributed by atoms with Crippen LogP contribution in [0.3, 0.4) is 0 Å². The number of rotatable bonds is 5. The van der Waals surface area contributed by atoms with Crippen molar-refractivity contribution in [3.8, 4) is 0 Å². The van der Waals surface area contributed by atoms with Gasteiger partial charge in [-0.15, -0.1) is 0 Å². The van der Waals surface area contributed by atoms with Crippen LogP contribution in [0.4, 0.5) is 0 Å². The van der Waals surface area contributed by atoms with Gasteiger partial charge in [0.15, 0.2) is 5.96 Å². The van der Waals surface area contributed by atoms with Crippen LogP contribution in [0.25, 0.3) is 0 Å². The number of guanidine groups is 1. The molecule has 18 heavy (non-hydrogen) atoms. The number of unbranched alkanes of at least 4 members (excludes halogenated alkanes) is 1. The van der Waals surface area contributed by atoms with Gasteiger partial charge in [0.25, 0.3) is 0 Å². The maximum Gasteiger partial charge on any atom is 0.193 e. The van der Waals surface area contributed by atoms with Crippen LogP contribution in [0.15, 0.2) is 4.99 Å². The van der Waals surface area contributed by atoms with Gasteiger partial charge >= 0.3 is 0 Å². The standard InChI is InChI=1S/C15H29N3/c1-16-15(18-12-6-7-13-18)17-11-5-4-10-14-8-2-3-9-14/h14H,2-13H2,1H3,(H,16,17). The summed E-state index contributed by atoms with van der Waals surface area (Å²) < 4.78 is 0. The van der Waals surface area contributed by atoms with E-state index in [1.54, 1.807) is 0 Å². The maximum atomic E-state index is 4.38. The quantitative estimate of drug-likeness (QED) is 0.462. The highest BCUT2D eigenvalue weighted by Crippen LogP contribution is 2.28. The maximum absolute atomic E-state index is 4.38. The third kappa shape index (κ3) is 4.18. The minimum atomic E-state index is 1.04. The molecule has 2 fully saturated rings. The molecule has 3 heteroatoms. The second-order valence-corrected chi connectivity index (χ2v) is 5.81. The lowest BCUT2D eigenvalue weighted by Gasteiger charge is -2.20. The first-order valence-electron chi connectivity index (χ1n) is 7.86. The van der Waals surface area contributed by atoms with Gasteiger partial charge in [0.2, 0.25) is 0 Å². The van der Waals surface area contributed by atoms with Gasteiger partial charge in [-0.25, -0.2) is 0 Å². The Labute approximate surface area is 112 Å². The molecule has 0 radical (unpaired) electrons. The second-order valence-electron chi connectivity index (χ2n) is 5.81. The Bertz CT molecular complexity index is 250. The number of nitrogens with zero attached hydrogens (tertiary/aromatic N) is 2. The molecule has 0 atom stereocenters. The predicted molar refractivity (Wildman–Crippen MR) is 78.0 cm³/mol. The topological polar surface area (TPSA) is 27.6 Å². The van der Waals surface area contributed by atoms with Gasteiger partial charge in [0.05, 0.1) is 0 Å². The number of likely N-dealkylation sites (tertiary alicyclic amines) is 1. The number of hydrogen-bond donors (Lipinski definition) is 1. The van der Waals surface area contributed by atoms with Crippen LogP contribution in [0, 0.1) is 5.92 Å². The summed E-state index contributed by atoms with van der Waals surface area (Å²) in [6.45, 7) is 3.46. The molecular weight excluding hydrogens is 222 g/mol. The molecule has 3 nitrogen and oxygen atoms in total. The Morgan fingerprint density at radius 3 is 2.50 bits per heavy atom. The third-order valence-electron chi connectivity index (χ3n) is 4.41. The van der Waals surface area contributed by atoms with Crippen LogP contribution in [0.2, 0.25) is 0 Å². The zero-order valence-corrected chi connectivity index (χ0v) is 12.0. The molecular formula is C15H29N3. The predicted octanol–water partition coefficient (Wildman–Crippen LogP) is 3.02. The molecule has 104 valence electrons. The van der Waals surface area contributed by atoms with Gasteiger partial charge in [-0.3, -0.25) is 4.99 Å². The normalized spacial score (nSPS) is 21.8. The van der Waals surface area contributed by atoms with Crippen molar-refractivity contribution in [2.24, 2.45) is 10.9 Å². The highest BCUT2D eigenvalue weighted by molar-refractivity contribution is 5.80. The molecule has 1 saturated carbocycles. The smallest absolute Gasteiger partial charge is 0.193 e. The van der Waals surface area contributed by atoms with Gasteiger partial charge in [0, 0.05) is 26.7 Å². The van der Waals surface area contributed by atoms with E-state index in [0.717, 1.165) is 18.4 Å². The summed E-state index contributed by atoms with van der Waals surface area (Å²) in [5.74, 6) is 2.16. The van der Waals surface area contributed by atoms with Crippen LogP contribution >= 0.6 is 0 Å². The van der Waals surface area contributed by atoms with Crippen molar-refractivity contribution < 1.29 is 0 Å². The van der Waals surface area contributed by atoms with E-state index in [4.69, 9.17) is 0 Å². The van der Waals surface area contributed by atoms with Crippen molar-refractivity contribution in [1.29, 1.82) is 0 Å². The first-order chi connectivity index (χ1) is 8.90. The summed E-state index contributed by atoms with van der Waals surface area (Å²) in [6.07, 6.45) is 12.7. The molecule has 0 aromatic heterocycles. The van der Waals surface area contributed by atoms with E-state index < -0.39 is 0 Å². The number of aliphatic imine (C=N–C) groups is 1. The van der Waals surface area contributed by atoms with Gasteiger partial charge in [0.1, 0.15) is 0 Å². The molecule has 2 aliphatic rings. The molecule has 1 heterocycles. The Kier molecular flexibility index (Phi) is 5.82. The molecule has 1 aliphatic heterocycles. The highest BCUT2D eigenvalue weighted by Gasteiger charge is 2.16. The molecule has 0 bridgehead atoms. The molecule has 1 N–H and O–H groups in total. The van der Waals surface area contributed by atoms with Crippen molar-refractivity contribution >= 4 is 5.96 Å². The van der Waals surface area contributed by atoms with Crippen LogP contribution in [0.5, 0.6) is 0 Å². The highest BCUT2D eigenvalue weighted by atomic mass is 15.3. The SMILES string of the molecule is CN=C(NCCCCC1CCCC1)N1CCCC1. The average molecular weight is 251 g/mol. The zero-order valence-electron chi connectivity index (χ0n) is 12.0. The Morgan fingerprint density at radius 1 is 1.11 bits per heavy atom. The van der Waals surface area contributed by atoms with Crippen molar-refractivity contribution in [2.75, 3.05) is 26.7 Å². The van der Waals surface area contributed by atoms with E-state index in [9.17, 15) is 0 Å². The van der Waals surface area contributed by atoms with Gasteiger partial charge in [-0.05, 0) is 25.2 Å². The van der Waals surface area contributed by atoms with Crippen molar-refractivity contribution in [3.63, 3.8) is 0 Å². The van der Waals surface area contributed by atoms with E-state index >= 15 is 0 Å². The Morgan fingerprint density at radius 2 is 1.83 bits per heavy atom.